The summed E-state index contributed by atoms with van der Waals surface area (Å²) in [4.78, 5) is 38.3. The summed E-state index contributed by atoms with van der Waals surface area (Å²) in [5, 5.41) is 16.0. The van der Waals surface area contributed by atoms with Gasteiger partial charge in [-0.15, -0.1) is 0 Å². The van der Waals surface area contributed by atoms with Crippen LogP contribution in [0, 0.1) is 6.92 Å². The zero-order chi connectivity index (χ0) is 29.0. The largest absolute Gasteiger partial charge is 0.465 e. The van der Waals surface area contributed by atoms with Crippen LogP contribution in [0.5, 0.6) is 0 Å². The zero-order valence-electron chi connectivity index (χ0n) is 23.3. The number of carboxylic acid groups (broad SMARTS) is 1. The van der Waals surface area contributed by atoms with Gasteiger partial charge in [0.2, 0.25) is 5.28 Å². The van der Waals surface area contributed by atoms with Crippen molar-refractivity contribution in [2.45, 2.75) is 72.4 Å². The third kappa shape index (κ3) is 8.54. The van der Waals surface area contributed by atoms with Crippen LogP contribution >= 0.6 is 11.6 Å². The highest BCUT2D eigenvalue weighted by atomic mass is 35.5. The van der Waals surface area contributed by atoms with Gasteiger partial charge in [-0.05, 0) is 108 Å². The lowest BCUT2D eigenvalue weighted by Gasteiger charge is -2.33. The van der Waals surface area contributed by atoms with Crippen molar-refractivity contribution < 1.29 is 19.4 Å². The lowest BCUT2D eigenvalue weighted by Crippen LogP contribution is -2.45. The molecule has 0 aliphatic heterocycles. The molecule has 3 aromatic rings. The van der Waals surface area contributed by atoms with Crippen LogP contribution in [0.3, 0.4) is 0 Å². The fourth-order valence-corrected chi connectivity index (χ4v) is 4.03. The first-order chi connectivity index (χ1) is 18.1. The minimum atomic E-state index is -1.05. The van der Waals surface area contributed by atoms with Crippen molar-refractivity contribution in [2.75, 3.05) is 15.5 Å². The molecule has 0 unspecified atom stereocenters. The van der Waals surface area contributed by atoms with Crippen LogP contribution in [0.4, 0.5) is 32.5 Å². The molecule has 0 aliphatic carbocycles. The summed E-state index contributed by atoms with van der Waals surface area (Å²) in [7, 11) is 0. The number of aryl methyl sites for hydroxylation is 3. The molecule has 0 spiro atoms. The van der Waals surface area contributed by atoms with Crippen LogP contribution in [-0.2, 0) is 17.6 Å². The fraction of sp³-hybridized carbons (Fsp3) is 0.393. The van der Waals surface area contributed by atoms with E-state index < -0.39 is 23.3 Å². The second-order valence-electron chi connectivity index (χ2n) is 11.1. The van der Waals surface area contributed by atoms with Gasteiger partial charge in [0.05, 0.1) is 11.9 Å². The van der Waals surface area contributed by atoms with Crippen molar-refractivity contribution in [2.24, 2.45) is 0 Å². The summed E-state index contributed by atoms with van der Waals surface area (Å²) in [5.74, 6) is 0.571. The van der Waals surface area contributed by atoms with Crippen molar-refractivity contribution >= 4 is 46.7 Å². The van der Waals surface area contributed by atoms with Gasteiger partial charge in [0.1, 0.15) is 11.4 Å². The van der Waals surface area contributed by atoms with Gasteiger partial charge in [0.25, 0.3) is 0 Å². The van der Waals surface area contributed by atoms with E-state index in [1.54, 1.807) is 39.2 Å². The number of nitrogens with zero attached hydrogens (tertiary/aromatic N) is 4. The number of amides is 2. The molecule has 0 saturated carbocycles. The Kier molecular flexibility index (Phi) is 9.01. The Hall–Kier alpha value is -3.92. The lowest BCUT2D eigenvalue weighted by atomic mass is 10.0. The molecule has 3 rings (SSSR count). The Morgan fingerprint density at radius 1 is 1.05 bits per heavy atom. The van der Waals surface area contributed by atoms with Crippen LogP contribution < -0.4 is 15.5 Å². The maximum Gasteiger partial charge on any atom is 0.412 e. The fourth-order valence-electron chi connectivity index (χ4n) is 3.89. The third-order valence-electron chi connectivity index (χ3n) is 5.53. The third-order valence-corrected chi connectivity index (χ3v) is 5.71. The summed E-state index contributed by atoms with van der Waals surface area (Å²) in [6, 6.07) is 7.35. The molecule has 3 N–H and O–H groups in total. The normalized spacial score (nSPS) is 11.6. The molecule has 208 valence electrons. The number of hydrogen-bond donors (Lipinski definition) is 3. The Morgan fingerprint density at radius 2 is 1.77 bits per heavy atom. The molecule has 2 aromatic heterocycles. The van der Waals surface area contributed by atoms with E-state index in [0.29, 0.717) is 30.0 Å². The summed E-state index contributed by atoms with van der Waals surface area (Å²) in [5.41, 5.74) is 3.05. The van der Waals surface area contributed by atoms with E-state index in [0.717, 1.165) is 22.4 Å². The minimum Gasteiger partial charge on any atom is -0.465 e. The number of aromatic nitrogens is 3. The molecule has 0 fully saturated rings. The average molecular weight is 555 g/mol. The van der Waals surface area contributed by atoms with Gasteiger partial charge < -0.3 is 15.2 Å². The van der Waals surface area contributed by atoms with E-state index in [2.05, 4.69) is 25.6 Å². The Balaban J connectivity index is 1.90. The van der Waals surface area contributed by atoms with E-state index in [1.807, 2.05) is 45.9 Å². The zero-order valence-corrected chi connectivity index (χ0v) is 24.1. The SMILES string of the molecule is Cc1cnc(Cl)nc1Nc1ccc(NC(=O)OC(C)(C)C)c(CCc2cncc(N(C(=O)O)C(C)(C)C)c2)c1. The van der Waals surface area contributed by atoms with Gasteiger partial charge in [-0.3, -0.25) is 15.2 Å². The molecule has 0 aliphatic rings. The second-order valence-corrected chi connectivity index (χ2v) is 11.5. The number of carbonyl (C=O) groups excluding carboxylic acids is 1. The highest BCUT2D eigenvalue weighted by Gasteiger charge is 2.28. The molecular formula is C28H35ClN6O4. The van der Waals surface area contributed by atoms with Crippen molar-refractivity contribution in [1.82, 2.24) is 15.0 Å². The molecule has 1 aromatic carbocycles. The van der Waals surface area contributed by atoms with Crippen molar-refractivity contribution in [3.8, 4) is 0 Å². The number of hydrogen-bond acceptors (Lipinski definition) is 7. The summed E-state index contributed by atoms with van der Waals surface area (Å²) >= 11 is 5.98. The number of halogens is 1. The van der Waals surface area contributed by atoms with Crippen LogP contribution in [0.15, 0.2) is 42.9 Å². The van der Waals surface area contributed by atoms with Gasteiger partial charge in [-0.25, -0.2) is 19.6 Å². The van der Waals surface area contributed by atoms with Crippen LogP contribution in [0.1, 0.15) is 58.2 Å². The quantitative estimate of drug-likeness (QED) is 0.266. The summed E-state index contributed by atoms with van der Waals surface area (Å²) in [6.07, 6.45) is 4.34. The second kappa shape index (κ2) is 11.9. The van der Waals surface area contributed by atoms with Crippen LogP contribution in [0.2, 0.25) is 5.28 Å². The van der Waals surface area contributed by atoms with E-state index in [1.165, 1.54) is 11.1 Å². The van der Waals surface area contributed by atoms with Crippen molar-refractivity contribution in [1.29, 1.82) is 0 Å². The summed E-state index contributed by atoms with van der Waals surface area (Å²) < 4.78 is 5.44. The smallest absolute Gasteiger partial charge is 0.412 e. The highest BCUT2D eigenvalue weighted by Crippen LogP contribution is 2.28. The topological polar surface area (TPSA) is 130 Å². The molecule has 0 atom stereocenters. The maximum atomic E-state index is 12.5. The first kappa shape index (κ1) is 29.6. The van der Waals surface area contributed by atoms with E-state index in [9.17, 15) is 14.7 Å². The number of carbonyl (C=O) groups is 2. The molecule has 0 bridgehead atoms. The van der Waals surface area contributed by atoms with Gasteiger partial charge in [0, 0.05) is 34.9 Å². The minimum absolute atomic E-state index is 0.129. The predicted molar refractivity (Wildman–Crippen MR) is 153 cm³/mol. The summed E-state index contributed by atoms with van der Waals surface area (Å²) in [6.45, 7) is 12.7. The first-order valence-electron chi connectivity index (χ1n) is 12.5. The molecule has 10 nitrogen and oxygen atoms in total. The molecule has 39 heavy (non-hydrogen) atoms. The van der Waals surface area contributed by atoms with E-state index in [-0.39, 0.29) is 5.28 Å². The molecule has 2 amide bonds. The number of pyridine rings is 1. The van der Waals surface area contributed by atoms with Crippen LogP contribution in [-0.4, -0.2) is 43.4 Å². The molecule has 0 radical (unpaired) electrons. The standard InChI is InChI=1S/C28H35ClN6O4/c1-17-14-31-24(29)34-23(17)32-20-10-11-22(33-25(36)39-28(5,6)7)19(13-20)9-8-18-12-21(16-30-15-18)35(26(37)38)27(2,3)4/h10-16H,8-9H2,1-7H3,(H,33,36)(H,37,38)(H,31,32,34). The molecule has 11 heteroatoms. The number of rotatable bonds is 7. The van der Waals surface area contributed by atoms with E-state index >= 15 is 0 Å². The predicted octanol–water partition coefficient (Wildman–Crippen LogP) is 6.99. The van der Waals surface area contributed by atoms with Gasteiger partial charge in [0.15, 0.2) is 0 Å². The molecule has 0 saturated heterocycles. The first-order valence-corrected chi connectivity index (χ1v) is 12.9. The van der Waals surface area contributed by atoms with Gasteiger partial charge >= 0.3 is 12.2 Å². The number of benzene rings is 1. The van der Waals surface area contributed by atoms with Crippen molar-refractivity contribution in [3.63, 3.8) is 0 Å². The van der Waals surface area contributed by atoms with Gasteiger partial charge in [-0.2, -0.15) is 0 Å². The highest BCUT2D eigenvalue weighted by molar-refractivity contribution is 6.28. The number of ether oxygens (including phenoxy) is 1. The molecular weight excluding hydrogens is 520 g/mol. The number of nitrogens with one attached hydrogen (secondary N) is 2. The Morgan fingerprint density at radius 3 is 2.41 bits per heavy atom. The van der Waals surface area contributed by atoms with Gasteiger partial charge in [-0.1, -0.05) is 0 Å². The number of anilines is 4. The van der Waals surface area contributed by atoms with Crippen LogP contribution in [0.25, 0.3) is 0 Å². The maximum absolute atomic E-state index is 12.5. The van der Waals surface area contributed by atoms with E-state index in [4.69, 9.17) is 16.3 Å². The lowest BCUT2D eigenvalue weighted by molar-refractivity contribution is 0.0635. The Bertz CT molecular complexity index is 1350. The Labute approximate surface area is 233 Å². The monoisotopic (exact) mass is 554 g/mol. The molecule has 2 heterocycles. The van der Waals surface area contributed by atoms with Crippen molar-refractivity contribution in [3.05, 3.63) is 64.8 Å². The average Bonchev–Trinajstić information content (AvgIpc) is 2.79.